The fraction of sp³-hybridized carbons (Fsp3) is 0.278. The molecule has 1 aliphatic rings. The first-order valence-electron chi connectivity index (χ1n) is 7.55. The third-order valence-electron chi connectivity index (χ3n) is 3.78. The molecule has 1 amide bonds. The Morgan fingerprint density at radius 3 is 2.70 bits per heavy atom. The molecule has 0 bridgehead atoms. The molecule has 2 aromatic carbocycles. The van der Waals surface area contributed by atoms with Crippen molar-refractivity contribution in [3.63, 3.8) is 0 Å². The second kappa shape index (κ2) is 7.49. The van der Waals surface area contributed by atoms with Crippen LogP contribution < -0.4 is 0 Å². The van der Waals surface area contributed by atoms with Gasteiger partial charge in [-0.1, -0.05) is 60.1 Å². The third kappa shape index (κ3) is 4.03. The molecule has 1 fully saturated rings. The van der Waals surface area contributed by atoms with E-state index in [2.05, 4.69) is 0 Å². The van der Waals surface area contributed by atoms with Crippen LogP contribution in [0.25, 0.3) is 0 Å². The molecule has 0 aliphatic carbocycles. The van der Waals surface area contributed by atoms with Crippen LogP contribution in [0.4, 0.5) is 4.79 Å². The van der Waals surface area contributed by atoms with Crippen molar-refractivity contribution in [1.82, 2.24) is 4.90 Å². The van der Waals surface area contributed by atoms with Crippen LogP contribution in [0.1, 0.15) is 17.2 Å². The minimum Gasteiger partial charge on any atom is -0.445 e. The highest BCUT2D eigenvalue weighted by atomic mass is 35.5. The van der Waals surface area contributed by atoms with E-state index in [1.807, 2.05) is 54.6 Å². The highest BCUT2D eigenvalue weighted by Gasteiger charge is 2.27. The van der Waals surface area contributed by atoms with Crippen molar-refractivity contribution >= 4 is 17.7 Å². The molecule has 1 aliphatic heterocycles. The summed E-state index contributed by atoms with van der Waals surface area (Å²) in [6.07, 6.45) is -0.545. The lowest BCUT2D eigenvalue weighted by molar-refractivity contribution is -0.0295. The number of nitrogens with zero attached hydrogens (tertiary/aromatic N) is 1. The van der Waals surface area contributed by atoms with E-state index in [0.717, 1.165) is 11.1 Å². The minimum absolute atomic E-state index is 0.221. The molecular weight excluding hydrogens is 314 g/mol. The molecule has 4 nitrogen and oxygen atoms in total. The highest BCUT2D eigenvalue weighted by Crippen LogP contribution is 2.28. The fourth-order valence-corrected chi connectivity index (χ4v) is 2.81. The van der Waals surface area contributed by atoms with Crippen LogP contribution in [0.3, 0.4) is 0 Å². The monoisotopic (exact) mass is 331 g/mol. The number of halogens is 1. The van der Waals surface area contributed by atoms with Crippen molar-refractivity contribution in [3.8, 4) is 0 Å². The van der Waals surface area contributed by atoms with E-state index in [1.165, 1.54) is 0 Å². The average Bonchev–Trinajstić information content (AvgIpc) is 2.61. The minimum atomic E-state index is -0.325. The van der Waals surface area contributed by atoms with Gasteiger partial charge < -0.3 is 14.4 Å². The van der Waals surface area contributed by atoms with Crippen LogP contribution in [0.2, 0.25) is 5.02 Å². The van der Waals surface area contributed by atoms with Gasteiger partial charge in [0.1, 0.15) is 12.7 Å². The number of hydrogen-bond donors (Lipinski definition) is 0. The zero-order valence-corrected chi connectivity index (χ0v) is 13.4. The van der Waals surface area contributed by atoms with Crippen LogP contribution in [0.15, 0.2) is 54.6 Å². The number of rotatable bonds is 3. The van der Waals surface area contributed by atoms with E-state index < -0.39 is 0 Å². The predicted octanol–water partition coefficient (Wildman–Crippen LogP) is 4.05. The van der Waals surface area contributed by atoms with Gasteiger partial charge in [0.25, 0.3) is 0 Å². The maximum Gasteiger partial charge on any atom is 0.410 e. The first-order chi connectivity index (χ1) is 11.2. The molecule has 1 heterocycles. The molecule has 5 heteroatoms. The SMILES string of the molecule is O=C(OCc1ccccc1)N1CCOC(c2ccccc2Cl)C1. The molecule has 0 radical (unpaired) electrons. The Morgan fingerprint density at radius 2 is 1.91 bits per heavy atom. The first kappa shape index (κ1) is 15.8. The van der Waals surface area contributed by atoms with Gasteiger partial charge in [0.05, 0.1) is 13.2 Å². The number of morpholine rings is 1. The van der Waals surface area contributed by atoms with Crippen LogP contribution in [0, 0.1) is 0 Å². The summed E-state index contributed by atoms with van der Waals surface area (Å²) in [5.74, 6) is 0. The smallest absolute Gasteiger partial charge is 0.410 e. The standard InChI is InChI=1S/C18H18ClNO3/c19-16-9-5-4-8-15(16)17-12-20(10-11-22-17)18(21)23-13-14-6-2-1-3-7-14/h1-9,17H,10-13H2. The average molecular weight is 332 g/mol. The molecule has 0 saturated carbocycles. The van der Waals surface area contributed by atoms with Crippen LogP contribution >= 0.6 is 11.6 Å². The van der Waals surface area contributed by atoms with E-state index in [0.29, 0.717) is 24.7 Å². The van der Waals surface area contributed by atoms with Gasteiger partial charge in [-0.3, -0.25) is 0 Å². The molecule has 120 valence electrons. The number of ether oxygens (including phenoxy) is 2. The fourth-order valence-electron chi connectivity index (χ4n) is 2.55. The topological polar surface area (TPSA) is 38.8 Å². The van der Waals surface area contributed by atoms with E-state index in [1.54, 1.807) is 4.90 Å². The number of amides is 1. The molecule has 1 saturated heterocycles. The Morgan fingerprint density at radius 1 is 1.17 bits per heavy atom. The Kier molecular flexibility index (Phi) is 5.16. The summed E-state index contributed by atoms with van der Waals surface area (Å²) in [6.45, 7) is 1.70. The van der Waals surface area contributed by atoms with Crippen LogP contribution in [-0.4, -0.2) is 30.7 Å². The number of carbonyl (C=O) groups excluding carboxylic acids is 1. The van der Waals surface area contributed by atoms with E-state index in [-0.39, 0.29) is 18.8 Å². The normalized spacial score (nSPS) is 17.8. The van der Waals surface area contributed by atoms with Crippen molar-refractivity contribution in [2.24, 2.45) is 0 Å². The second-order valence-electron chi connectivity index (χ2n) is 5.37. The molecule has 23 heavy (non-hydrogen) atoms. The largest absolute Gasteiger partial charge is 0.445 e. The van der Waals surface area contributed by atoms with Crippen LogP contribution in [-0.2, 0) is 16.1 Å². The molecule has 3 rings (SSSR count). The van der Waals surface area contributed by atoms with Gasteiger partial charge in [-0.25, -0.2) is 4.79 Å². The molecule has 0 spiro atoms. The zero-order valence-electron chi connectivity index (χ0n) is 12.7. The van der Waals surface area contributed by atoms with Crippen LogP contribution in [0.5, 0.6) is 0 Å². The third-order valence-corrected chi connectivity index (χ3v) is 4.13. The molecule has 1 unspecified atom stereocenters. The maximum atomic E-state index is 12.2. The van der Waals surface area contributed by atoms with Gasteiger partial charge in [0.2, 0.25) is 0 Å². The van der Waals surface area contributed by atoms with Gasteiger partial charge in [-0.05, 0) is 11.6 Å². The number of hydrogen-bond acceptors (Lipinski definition) is 3. The van der Waals surface area contributed by atoms with Gasteiger partial charge in [0, 0.05) is 17.1 Å². The second-order valence-corrected chi connectivity index (χ2v) is 5.77. The lowest BCUT2D eigenvalue weighted by Crippen LogP contribution is -2.42. The van der Waals surface area contributed by atoms with E-state index in [9.17, 15) is 4.79 Å². The van der Waals surface area contributed by atoms with Crippen molar-refractivity contribution in [3.05, 3.63) is 70.7 Å². The van der Waals surface area contributed by atoms with Crippen molar-refractivity contribution < 1.29 is 14.3 Å². The van der Waals surface area contributed by atoms with Crippen molar-refractivity contribution in [1.29, 1.82) is 0 Å². The summed E-state index contributed by atoms with van der Waals surface area (Å²) >= 11 is 6.21. The Bertz CT molecular complexity index is 662. The Balaban J connectivity index is 1.60. The maximum absolute atomic E-state index is 12.2. The quantitative estimate of drug-likeness (QED) is 0.851. The molecule has 1 atom stereocenters. The highest BCUT2D eigenvalue weighted by molar-refractivity contribution is 6.31. The lowest BCUT2D eigenvalue weighted by Gasteiger charge is -2.32. The number of benzene rings is 2. The van der Waals surface area contributed by atoms with E-state index in [4.69, 9.17) is 21.1 Å². The molecule has 0 N–H and O–H groups in total. The Labute approximate surface area is 140 Å². The summed E-state index contributed by atoms with van der Waals surface area (Å²) in [6, 6.07) is 17.2. The first-order valence-corrected chi connectivity index (χ1v) is 7.93. The van der Waals surface area contributed by atoms with Crippen molar-refractivity contribution in [2.45, 2.75) is 12.7 Å². The lowest BCUT2D eigenvalue weighted by atomic mass is 10.1. The zero-order chi connectivity index (χ0) is 16.1. The van der Waals surface area contributed by atoms with Gasteiger partial charge in [-0.15, -0.1) is 0 Å². The predicted molar refractivity (Wildman–Crippen MR) is 88.3 cm³/mol. The molecule has 2 aromatic rings. The summed E-state index contributed by atoms with van der Waals surface area (Å²) in [7, 11) is 0. The summed E-state index contributed by atoms with van der Waals surface area (Å²) < 4.78 is 11.1. The molecular formula is C18H18ClNO3. The summed E-state index contributed by atoms with van der Waals surface area (Å²) in [5.41, 5.74) is 1.87. The number of carbonyl (C=O) groups is 1. The van der Waals surface area contributed by atoms with E-state index >= 15 is 0 Å². The van der Waals surface area contributed by atoms with Gasteiger partial charge in [0.15, 0.2) is 0 Å². The summed E-state index contributed by atoms with van der Waals surface area (Å²) in [4.78, 5) is 13.9. The van der Waals surface area contributed by atoms with Gasteiger partial charge in [-0.2, -0.15) is 0 Å². The summed E-state index contributed by atoms with van der Waals surface area (Å²) in [5, 5.41) is 0.650. The molecule has 0 aromatic heterocycles. The Hall–Kier alpha value is -2.04. The van der Waals surface area contributed by atoms with Gasteiger partial charge >= 0.3 is 6.09 Å². The van der Waals surface area contributed by atoms with Crippen molar-refractivity contribution in [2.75, 3.05) is 19.7 Å².